The highest BCUT2D eigenvalue weighted by Gasteiger charge is 2.34. The third-order valence-electron chi connectivity index (χ3n) is 4.41. The second-order valence-electron chi connectivity index (χ2n) is 6.24. The van der Waals surface area contributed by atoms with Crippen molar-refractivity contribution in [3.05, 3.63) is 42.0 Å². The highest BCUT2D eigenvalue weighted by atomic mass is 19.1. The van der Waals surface area contributed by atoms with Crippen LogP contribution in [-0.4, -0.2) is 55.6 Å². The van der Waals surface area contributed by atoms with Gasteiger partial charge in [-0.25, -0.2) is 9.18 Å². The Kier molecular flexibility index (Phi) is 4.39. The number of piperidine rings is 1. The Morgan fingerprint density at radius 1 is 1.24 bits per heavy atom. The first kappa shape index (κ1) is 16.9. The minimum Gasteiger partial charge on any atom is -0.465 e. The monoisotopic (exact) mass is 347 g/mol. The van der Waals surface area contributed by atoms with Crippen LogP contribution in [0.25, 0.3) is 5.69 Å². The Morgan fingerprint density at radius 2 is 1.88 bits per heavy atom. The van der Waals surface area contributed by atoms with Gasteiger partial charge in [0.05, 0.1) is 12.4 Å². The van der Waals surface area contributed by atoms with Crippen LogP contribution in [0, 0.1) is 5.82 Å². The van der Waals surface area contributed by atoms with Crippen molar-refractivity contribution in [2.75, 3.05) is 13.1 Å². The zero-order valence-electron chi connectivity index (χ0n) is 13.6. The molecule has 0 radical (unpaired) electrons. The highest BCUT2D eigenvalue weighted by molar-refractivity contribution is 5.98. The summed E-state index contributed by atoms with van der Waals surface area (Å²) >= 11 is 0. The van der Waals surface area contributed by atoms with E-state index in [1.54, 1.807) is 6.07 Å². The van der Waals surface area contributed by atoms with Crippen molar-refractivity contribution >= 4 is 12.0 Å². The second kappa shape index (κ2) is 6.50. The van der Waals surface area contributed by atoms with E-state index in [2.05, 4.69) is 15.5 Å². The Labute approximate surface area is 143 Å². The van der Waals surface area contributed by atoms with Crippen LogP contribution in [-0.2, 0) is 0 Å². The van der Waals surface area contributed by atoms with E-state index in [0.717, 1.165) is 0 Å². The number of carboxylic acid groups (broad SMARTS) is 1. The summed E-state index contributed by atoms with van der Waals surface area (Å²) in [5.41, 5.74) is -0.505. The fourth-order valence-corrected chi connectivity index (χ4v) is 2.90. The Morgan fingerprint density at radius 3 is 2.48 bits per heavy atom. The summed E-state index contributed by atoms with van der Waals surface area (Å²) in [4.78, 5) is 26.2. The Bertz CT molecular complexity index is 785. The van der Waals surface area contributed by atoms with Crippen molar-refractivity contribution in [2.45, 2.75) is 25.3 Å². The first-order chi connectivity index (χ1) is 11.9. The summed E-state index contributed by atoms with van der Waals surface area (Å²) in [5.74, 6) is -1.24. The molecule has 8 nitrogen and oxygen atoms in total. The maximum Gasteiger partial charge on any atom is 0.407 e. The fraction of sp³-hybridized carbons (Fsp3) is 0.375. The molecule has 132 valence electrons. The molecule has 1 aromatic carbocycles. The number of benzene rings is 1. The lowest BCUT2D eigenvalue weighted by Crippen LogP contribution is -2.54. The standard InChI is InChI=1S/C16H18FN5O3/c1-16(5-9-21(10-6-16)15(24)25)20-14(23)13-11(17)3-2-4-12(13)22-18-7-8-19-22/h2-4,7-8H,5-6,9-10H2,1H3,(H,20,23)(H,24,25). The summed E-state index contributed by atoms with van der Waals surface area (Å²) in [7, 11) is 0. The van der Waals surface area contributed by atoms with Gasteiger partial charge in [-0.15, -0.1) is 0 Å². The molecular weight excluding hydrogens is 329 g/mol. The molecule has 9 heteroatoms. The minimum absolute atomic E-state index is 0.138. The molecule has 2 N–H and O–H groups in total. The Balaban J connectivity index is 1.82. The summed E-state index contributed by atoms with van der Waals surface area (Å²) < 4.78 is 14.3. The molecule has 0 spiro atoms. The number of carbonyl (C=O) groups excluding carboxylic acids is 1. The van der Waals surface area contributed by atoms with Gasteiger partial charge in [0.15, 0.2) is 0 Å². The van der Waals surface area contributed by atoms with Gasteiger partial charge in [-0.2, -0.15) is 15.0 Å². The van der Waals surface area contributed by atoms with Crippen LogP contribution in [0.5, 0.6) is 0 Å². The minimum atomic E-state index is -0.977. The fourth-order valence-electron chi connectivity index (χ4n) is 2.90. The number of nitrogens with one attached hydrogen (secondary N) is 1. The molecule has 2 amide bonds. The van der Waals surface area contributed by atoms with Gasteiger partial charge in [0.1, 0.15) is 17.1 Å². The van der Waals surface area contributed by atoms with Gasteiger partial charge in [-0.05, 0) is 31.9 Å². The molecule has 0 unspecified atom stereocenters. The molecule has 1 aliphatic heterocycles. The van der Waals surface area contributed by atoms with Crippen LogP contribution in [0.3, 0.4) is 0 Å². The Hall–Kier alpha value is -2.97. The highest BCUT2D eigenvalue weighted by Crippen LogP contribution is 2.24. The van der Waals surface area contributed by atoms with E-state index in [1.807, 2.05) is 6.92 Å². The topological polar surface area (TPSA) is 100 Å². The van der Waals surface area contributed by atoms with Crippen molar-refractivity contribution in [1.82, 2.24) is 25.2 Å². The predicted molar refractivity (Wildman–Crippen MR) is 86.0 cm³/mol. The number of rotatable bonds is 3. The molecule has 2 heterocycles. The molecule has 0 bridgehead atoms. The molecule has 0 saturated carbocycles. The lowest BCUT2D eigenvalue weighted by atomic mass is 9.89. The molecule has 1 saturated heterocycles. The van der Waals surface area contributed by atoms with Gasteiger partial charge in [-0.3, -0.25) is 4.79 Å². The van der Waals surface area contributed by atoms with Crippen molar-refractivity contribution in [3.8, 4) is 5.69 Å². The average molecular weight is 347 g/mol. The molecule has 0 aliphatic carbocycles. The zero-order chi connectivity index (χ0) is 18.0. The number of carbonyl (C=O) groups is 2. The van der Waals surface area contributed by atoms with E-state index in [0.29, 0.717) is 25.9 Å². The van der Waals surface area contributed by atoms with Gasteiger partial charge >= 0.3 is 6.09 Å². The number of nitrogens with zero attached hydrogens (tertiary/aromatic N) is 4. The maximum atomic E-state index is 14.3. The third kappa shape index (κ3) is 3.44. The number of hydrogen-bond acceptors (Lipinski definition) is 4. The van der Waals surface area contributed by atoms with Crippen LogP contribution in [0.2, 0.25) is 0 Å². The van der Waals surface area contributed by atoms with Gasteiger partial charge in [0.2, 0.25) is 0 Å². The molecular formula is C16H18FN5O3. The van der Waals surface area contributed by atoms with E-state index in [1.165, 1.54) is 34.2 Å². The average Bonchev–Trinajstić information content (AvgIpc) is 3.08. The first-order valence-electron chi connectivity index (χ1n) is 7.85. The van der Waals surface area contributed by atoms with Crippen molar-refractivity contribution in [1.29, 1.82) is 0 Å². The lowest BCUT2D eigenvalue weighted by Gasteiger charge is -2.38. The quantitative estimate of drug-likeness (QED) is 0.880. The molecule has 3 rings (SSSR count). The van der Waals surface area contributed by atoms with Crippen LogP contribution in [0.1, 0.15) is 30.1 Å². The number of amides is 2. The third-order valence-corrected chi connectivity index (χ3v) is 4.41. The molecule has 0 atom stereocenters. The molecule has 25 heavy (non-hydrogen) atoms. The molecule has 1 aromatic heterocycles. The molecule has 1 fully saturated rings. The van der Waals surface area contributed by atoms with E-state index in [4.69, 9.17) is 5.11 Å². The maximum absolute atomic E-state index is 14.3. The van der Waals surface area contributed by atoms with Crippen molar-refractivity contribution in [3.63, 3.8) is 0 Å². The van der Waals surface area contributed by atoms with Gasteiger partial charge in [-0.1, -0.05) is 6.07 Å². The van der Waals surface area contributed by atoms with E-state index < -0.39 is 23.4 Å². The van der Waals surface area contributed by atoms with E-state index in [9.17, 15) is 14.0 Å². The van der Waals surface area contributed by atoms with Gasteiger partial charge < -0.3 is 15.3 Å². The molecule has 1 aliphatic rings. The summed E-state index contributed by atoms with van der Waals surface area (Å²) in [6, 6.07) is 4.25. The van der Waals surface area contributed by atoms with Crippen molar-refractivity contribution in [2.24, 2.45) is 0 Å². The van der Waals surface area contributed by atoms with Gasteiger partial charge in [0, 0.05) is 18.6 Å². The summed E-state index contributed by atoms with van der Waals surface area (Å²) in [6.07, 6.45) is 2.81. The van der Waals surface area contributed by atoms with Crippen LogP contribution < -0.4 is 5.32 Å². The first-order valence-corrected chi connectivity index (χ1v) is 7.85. The van der Waals surface area contributed by atoms with Crippen LogP contribution in [0.4, 0.5) is 9.18 Å². The number of hydrogen-bond donors (Lipinski definition) is 2. The summed E-state index contributed by atoms with van der Waals surface area (Å²) in [5, 5.41) is 19.8. The zero-order valence-corrected chi connectivity index (χ0v) is 13.6. The predicted octanol–water partition coefficient (Wildman–Crippen LogP) is 1.67. The number of likely N-dealkylation sites (tertiary alicyclic amines) is 1. The smallest absolute Gasteiger partial charge is 0.407 e. The molecule has 2 aromatic rings. The van der Waals surface area contributed by atoms with E-state index >= 15 is 0 Å². The number of halogens is 1. The van der Waals surface area contributed by atoms with Crippen LogP contribution in [0.15, 0.2) is 30.6 Å². The number of aromatic nitrogens is 3. The van der Waals surface area contributed by atoms with Crippen LogP contribution >= 0.6 is 0 Å². The largest absolute Gasteiger partial charge is 0.465 e. The summed E-state index contributed by atoms with van der Waals surface area (Å²) in [6.45, 7) is 2.46. The lowest BCUT2D eigenvalue weighted by molar-refractivity contribution is 0.0820. The van der Waals surface area contributed by atoms with Crippen molar-refractivity contribution < 1.29 is 19.1 Å². The SMILES string of the molecule is CC1(NC(=O)c2c(F)cccc2-n2nccn2)CCN(C(=O)O)CC1. The van der Waals surface area contributed by atoms with E-state index in [-0.39, 0.29) is 11.3 Å². The normalized spacial score (nSPS) is 16.5. The van der Waals surface area contributed by atoms with Gasteiger partial charge in [0.25, 0.3) is 5.91 Å². The second-order valence-corrected chi connectivity index (χ2v) is 6.24.